The summed E-state index contributed by atoms with van der Waals surface area (Å²) < 4.78 is 20.6. The maximum atomic E-state index is 6.21. The molecule has 21 rings (SSSR count). The van der Waals surface area contributed by atoms with Crippen molar-refractivity contribution in [2.45, 2.75) is 100 Å². The van der Waals surface area contributed by atoms with Crippen molar-refractivity contribution < 1.29 is 22.7 Å². The van der Waals surface area contributed by atoms with Gasteiger partial charge in [-0.05, 0) is 259 Å². The highest BCUT2D eigenvalue weighted by Crippen LogP contribution is 2.54. The Balaban J connectivity index is 0.0000000965. The summed E-state index contributed by atoms with van der Waals surface area (Å²) >= 11 is 1.92. The van der Waals surface area contributed by atoms with Crippen molar-refractivity contribution in [2.24, 2.45) is 28.2 Å². The number of hydrogen-bond donors (Lipinski definition) is 0. The van der Waals surface area contributed by atoms with Gasteiger partial charge in [-0.2, -0.15) is 13.7 Å². The summed E-state index contributed by atoms with van der Waals surface area (Å²) in [6.07, 6.45) is 13.1. The van der Waals surface area contributed by atoms with E-state index in [1.807, 2.05) is 11.3 Å². The van der Waals surface area contributed by atoms with Gasteiger partial charge in [0, 0.05) is 43.6 Å². The Kier molecular flexibility index (Phi) is 14.0. The number of aromatic nitrogens is 5. The fourth-order valence-corrected chi connectivity index (χ4v) is 20.0. The summed E-state index contributed by atoms with van der Waals surface area (Å²) in [6.45, 7) is 22.6. The van der Waals surface area contributed by atoms with Crippen molar-refractivity contribution in [3.05, 3.63) is 301 Å². The van der Waals surface area contributed by atoms with Crippen LogP contribution in [0.1, 0.15) is 114 Å². The highest BCUT2D eigenvalue weighted by Gasteiger charge is 2.44. The molecule has 488 valence electrons. The molecular formula is C93H83N5OS+4. The Labute approximate surface area is 590 Å². The maximum Gasteiger partial charge on any atom is 0.259 e. The van der Waals surface area contributed by atoms with Crippen LogP contribution in [0.2, 0.25) is 0 Å². The molecule has 100 heavy (non-hydrogen) atoms. The number of nitrogens with zero attached hydrogens (tertiary/aromatic N) is 5. The molecule has 0 unspecified atom stereocenters. The zero-order chi connectivity index (χ0) is 68.6. The zero-order valence-electron chi connectivity index (χ0n) is 59.9. The first-order valence-electron chi connectivity index (χ1n) is 35.5. The highest BCUT2D eigenvalue weighted by molar-refractivity contribution is 7.25. The van der Waals surface area contributed by atoms with Crippen LogP contribution in [0.15, 0.2) is 205 Å². The quantitative estimate of drug-likeness (QED) is 0.151. The van der Waals surface area contributed by atoms with E-state index in [4.69, 9.17) is 4.42 Å². The topological polar surface area (TPSA) is 33.6 Å². The van der Waals surface area contributed by atoms with Crippen molar-refractivity contribution in [2.75, 3.05) is 0 Å². The third-order valence-electron chi connectivity index (χ3n) is 23.1. The molecule has 0 spiro atoms. The van der Waals surface area contributed by atoms with Crippen LogP contribution in [-0.2, 0) is 59.3 Å². The first-order chi connectivity index (χ1) is 48.3. The minimum atomic E-state index is 0.0474. The molecule has 0 atom stereocenters. The van der Waals surface area contributed by atoms with Crippen LogP contribution >= 0.6 is 11.3 Å². The normalized spacial score (nSPS) is 13.4. The van der Waals surface area contributed by atoms with Gasteiger partial charge >= 0.3 is 0 Å². The molecule has 0 bridgehead atoms. The fraction of sp³-hybridized carbons (Fsp3) is 0.204. The zero-order valence-corrected chi connectivity index (χ0v) is 60.8. The van der Waals surface area contributed by atoms with Crippen LogP contribution in [-0.4, -0.2) is 4.57 Å². The minimum Gasteiger partial charge on any atom is -0.449 e. The lowest BCUT2D eigenvalue weighted by atomic mass is 9.80. The molecule has 0 radical (unpaired) electrons. The summed E-state index contributed by atoms with van der Waals surface area (Å²) in [4.78, 5) is 0. The molecule has 0 aliphatic heterocycles. The van der Waals surface area contributed by atoms with Crippen LogP contribution < -0.4 is 18.3 Å². The minimum absolute atomic E-state index is 0.0474. The van der Waals surface area contributed by atoms with Gasteiger partial charge in [-0.1, -0.05) is 129 Å². The predicted molar refractivity (Wildman–Crippen MR) is 413 cm³/mol. The highest BCUT2D eigenvalue weighted by atomic mass is 32.1. The Morgan fingerprint density at radius 2 is 0.810 bits per heavy atom. The average molecular weight is 1320 g/mol. The first-order valence-corrected chi connectivity index (χ1v) is 36.3. The summed E-state index contributed by atoms with van der Waals surface area (Å²) in [5.74, 6) is 0. The first kappa shape index (κ1) is 61.7. The number of furan rings is 1. The molecule has 5 aliphatic rings. The number of fused-ring (bicyclic) bond motifs is 24. The van der Waals surface area contributed by atoms with E-state index in [-0.39, 0.29) is 5.41 Å². The SMILES string of the molecule is Cc1cc2c([n+](C)c1)-c1c(cc3c(c1C)Cc1ccccc1-3)C2(C)C.Cc1cc2c(c3c(C)c4c(cc3n2-c2ccccc2)-c2ccccc2C4)[n+](C)c1.Cc1cc2oc3cc4c(c(C)c3c2[n+](C)c1)Cc1ccccc1-4.Cc1cc2sc3cc4c(c(C)c3c2[n+](C)c1)Cc1ccccc1-4. The fourth-order valence-electron chi connectivity index (χ4n) is 18.6. The van der Waals surface area contributed by atoms with Gasteiger partial charge in [-0.3, -0.25) is 0 Å². The number of para-hydroxylation sites is 1. The van der Waals surface area contributed by atoms with E-state index in [2.05, 4.69) is 321 Å². The Hall–Kier alpha value is -10.6. The van der Waals surface area contributed by atoms with Gasteiger partial charge in [-0.15, -0.1) is 11.3 Å². The number of thiophene rings is 1. The molecule has 0 saturated heterocycles. The van der Waals surface area contributed by atoms with Gasteiger partial charge in [0.2, 0.25) is 16.7 Å². The number of rotatable bonds is 1. The van der Waals surface area contributed by atoms with E-state index in [1.165, 1.54) is 215 Å². The van der Waals surface area contributed by atoms with Crippen molar-refractivity contribution in [3.63, 3.8) is 0 Å². The molecule has 9 aromatic carbocycles. The van der Waals surface area contributed by atoms with E-state index < -0.39 is 0 Å². The van der Waals surface area contributed by atoms with Gasteiger partial charge < -0.3 is 8.98 Å². The lowest BCUT2D eigenvalue weighted by molar-refractivity contribution is -0.660. The van der Waals surface area contributed by atoms with Crippen molar-refractivity contribution >= 4 is 75.6 Å². The van der Waals surface area contributed by atoms with Crippen molar-refractivity contribution in [3.8, 4) is 61.5 Å². The van der Waals surface area contributed by atoms with E-state index in [9.17, 15) is 0 Å². The van der Waals surface area contributed by atoms with Gasteiger partial charge in [0.15, 0.2) is 30.4 Å². The molecule has 16 aromatic rings. The summed E-state index contributed by atoms with van der Waals surface area (Å²) in [7, 11) is 8.64. The van der Waals surface area contributed by atoms with Crippen LogP contribution in [0.3, 0.4) is 0 Å². The average Bonchev–Trinajstić information content (AvgIpc) is 1.56. The van der Waals surface area contributed by atoms with E-state index in [0.29, 0.717) is 0 Å². The van der Waals surface area contributed by atoms with E-state index >= 15 is 0 Å². The molecule has 5 aliphatic carbocycles. The van der Waals surface area contributed by atoms with Gasteiger partial charge in [0.05, 0.1) is 27.2 Å². The Bertz CT molecular complexity index is 6090. The van der Waals surface area contributed by atoms with Crippen LogP contribution in [0.4, 0.5) is 0 Å². The Morgan fingerprint density at radius 3 is 1.40 bits per heavy atom. The lowest BCUT2D eigenvalue weighted by Crippen LogP contribution is -2.32. The number of benzene rings is 9. The van der Waals surface area contributed by atoms with E-state index in [0.717, 1.165) is 36.8 Å². The molecular weight excluding hydrogens is 1240 g/mol. The largest absolute Gasteiger partial charge is 0.449 e. The Morgan fingerprint density at radius 1 is 0.360 bits per heavy atom. The number of aryl methyl sites for hydroxylation is 11. The third-order valence-corrected chi connectivity index (χ3v) is 24.2. The molecule has 0 amide bonds. The molecule has 0 N–H and O–H groups in total. The van der Waals surface area contributed by atoms with E-state index in [1.54, 1.807) is 0 Å². The molecule has 7 heterocycles. The maximum absolute atomic E-state index is 6.21. The van der Waals surface area contributed by atoms with Crippen LogP contribution in [0.5, 0.6) is 0 Å². The monoisotopic (exact) mass is 1320 g/mol. The standard InChI is InChI=1S/C27H23N2.C24H24N.C21H18NO.C21H18NS/c1-17-13-25-27(28(3)16-17)26-18(2)22-14-19-9-7-8-12-21(19)23(22)15-24(26)29(25)20-10-5-4-6-11-20;1-14-10-21-23(25(5)13-14)22-15(2)18-11-16-8-6-7-9-17(16)19(18)12-20(22)24(21,3)4;2*1-12-8-19-21(22(3)11-12)20-13(2)16-9-14-6-4-5-7-15(14)17(16)10-18(20)23-19/h4-13,15-16H,14H2,1-3H3;6-10,12-13H,11H2,1-5H3;2*4-8,10-11H,9H2,1-3H3/q4*+1. The van der Waals surface area contributed by atoms with Crippen molar-refractivity contribution in [1.82, 2.24) is 4.57 Å². The summed E-state index contributed by atoms with van der Waals surface area (Å²) in [6, 6.07) is 64.8. The van der Waals surface area contributed by atoms with Gasteiger partial charge in [0.25, 0.3) is 5.52 Å². The smallest absolute Gasteiger partial charge is 0.259 e. The number of hydrogen-bond acceptors (Lipinski definition) is 2. The van der Waals surface area contributed by atoms with Crippen molar-refractivity contribution in [1.29, 1.82) is 0 Å². The predicted octanol–water partition coefficient (Wildman–Crippen LogP) is 20.5. The third kappa shape index (κ3) is 9.26. The number of pyridine rings is 4. The second kappa shape index (κ2) is 22.7. The van der Waals surface area contributed by atoms with Gasteiger partial charge in [-0.25, -0.2) is 4.57 Å². The molecule has 7 aromatic heterocycles. The second-order valence-corrected chi connectivity index (χ2v) is 31.0. The summed E-state index contributed by atoms with van der Waals surface area (Å²) in [5, 5.41) is 4.08. The molecule has 0 saturated carbocycles. The van der Waals surface area contributed by atoms with Gasteiger partial charge in [0.1, 0.15) is 44.0 Å². The molecule has 0 fully saturated rings. The van der Waals surface area contributed by atoms with Crippen LogP contribution in [0, 0.1) is 55.4 Å². The summed E-state index contributed by atoms with van der Waals surface area (Å²) in [5.41, 5.74) is 49.3. The molecule has 7 heteroatoms. The lowest BCUT2D eigenvalue weighted by Gasteiger charge is -2.21. The molecule has 6 nitrogen and oxygen atoms in total. The second-order valence-electron chi connectivity index (χ2n) is 29.9. The van der Waals surface area contributed by atoms with Crippen LogP contribution in [0.25, 0.3) is 126 Å².